The maximum Gasteiger partial charge on any atom is 0.317 e. The molecule has 1 saturated heterocycles. The van der Waals surface area contributed by atoms with Gasteiger partial charge in [0.25, 0.3) is 0 Å². The number of hydrogen-bond donors (Lipinski definition) is 1. The van der Waals surface area contributed by atoms with E-state index in [1.165, 1.54) is 0 Å². The number of thioether (sulfide) groups is 1. The van der Waals surface area contributed by atoms with Gasteiger partial charge in [-0.2, -0.15) is 0 Å². The van der Waals surface area contributed by atoms with E-state index in [2.05, 4.69) is 10.3 Å². The van der Waals surface area contributed by atoms with Crippen molar-refractivity contribution >= 4 is 27.6 Å². The van der Waals surface area contributed by atoms with E-state index in [9.17, 15) is 13.2 Å². The summed E-state index contributed by atoms with van der Waals surface area (Å²) in [6.45, 7) is 0.547. The Morgan fingerprint density at radius 3 is 2.77 bits per heavy atom. The standard InChI is InChI=1S/C13H22N4O3S2/c1-16-7-5-15-13(16)21-8-6-14-12(18)17(2)11-3-9-22(19,20)10-4-11/h5,7,11H,3-4,6,8-10H2,1-2H3,(H,14,18). The average Bonchev–Trinajstić information content (AvgIpc) is 2.88. The highest BCUT2D eigenvalue weighted by Gasteiger charge is 2.28. The minimum absolute atomic E-state index is 0.00529. The summed E-state index contributed by atoms with van der Waals surface area (Å²) >= 11 is 1.58. The summed E-state index contributed by atoms with van der Waals surface area (Å²) in [7, 11) is 0.759. The van der Waals surface area contributed by atoms with Crippen LogP contribution in [0.1, 0.15) is 12.8 Å². The molecule has 0 bridgehead atoms. The Bertz CT molecular complexity index is 601. The Hall–Kier alpha value is -1.22. The topological polar surface area (TPSA) is 84.3 Å². The number of urea groups is 1. The van der Waals surface area contributed by atoms with E-state index in [0.29, 0.717) is 19.4 Å². The van der Waals surface area contributed by atoms with E-state index < -0.39 is 9.84 Å². The number of carbonyl (C=O) groups excluding carboxylic acids is 1. The summed E-state index contributed by atoms with van der Waals surface area (Å²) in [5.74, 6) is 1.08. The molecule has 124 valence electrons. The molecular formula is C13H22N4O3S2. The third-order valence-corrected chi connectivity index (χ3v) is 6.55. The molecule has 1 aliphatic rings. The van der Waals surface area contributed by atoms with Gasteiger partial charge in [-0.1, -0.05) is 11.8 Å². The first-order valence-electron chi connectivity index (χ1n) is 7.20. The van der Waals surface area contributed by atoms with Crippen LogP contribution < -0.4 is 5.32 Å². The summed E-state index contributed by atoms with van der Waals surface area (Å²) in [4.78, 5) is 17.9. The molecular weight excluding hydrogens is 324 g/mol. The number of nitrogens with zero attached hydrogens (tertiary/aromatic N) is 3. The van der Waals surface area contributed by atoms with E-state index >= 15 is 0 Å². The number of imidazole rings is 1. The van der Waals surface area contributed by atoms with Gasteiger partial charge in [-0.05, 0) is 12.8 Å². The molecule has 1 N–H and O–H groups in total. The fraction of sp³-hybridized carbons (Fsp3) is 0.692. The molecule has 0 aliphatic carbocycles. The summed E-state index contributed by atoms with van der Waals surface area (Å²) in [6.07, 6.45) is 4.67. The van der Waals surface area contributed by atoms with Gasteiger partial charge in [0.1, 0.15) is 9.84 Å². The van der Waals surface area contributed by atoms with Crippen molar-refractivity contribution in [3.8, 4) is 0 Å². The maximum absolute atomic E-state index is 12.1. The van der Waals surface area contributed by atoms with E-state index in [0.717, 1.165) is 10.9 Å². The van der Waals surface area contributed by atoms with Gasteiger partial charge in [0, 0.05) is 44.8 Å². The number of sulfone groups is 1. The number of amides is 2. The van der Waals surface area contributed by atoms with Crippen LogP contribution in [0.15, 0.2) is 17.6 Å². The van der Waals surface area contributed by atoms with Crippen molar-refractivity contribution in [3.63, 3.8) is 0 Å². The first-order valence-corrected chi connectivity index (χ1v) is 10.0. The fourth-order valence-corrected chi connectivity index (χ4v) is 4.60. The molecule has 0 atom stereocenters. The molecule has 1 aromatic heterocycles. The fourth-order valence-electron chi connectivity index (χ4n) is 2.35. The van der Waals surface area contributed by atoms with Crippen LogP contribution in [0.2, 0.25) is 0 Å². The lowest BCUT2D eigenvalue weighted by Crippen LogP contribution is -2.47. The highest BCUT2D eigenvalue weighted by molar-refractivity contribution is 7.99. The van der Waals surface area contributed by atoms with E-state index in [-0.39, 0.29) is 23.6 Å². The molecule has 9 heteroatoms. The zero-order valence-corrected chi connectivity index (χ0v) is 14.5. The monoisotopic (exact) mass is 346 g/mol. The van der Waals surface area contributed by atoms with Gasteiger partial charge in [0.15, 0.2) is 5.16 Å². The molecule has 2 heterocycles. The molecule has 0 radical (unpaired) electrons. The van der Waals surface area contributed by atoms with Crippen LogP contribution in [0.3, 0.4) is 0 Å². The summed E-state index contributed by atoms with van der Waals surface area (Å²) in [5, 5.41) is 3.78. The molecule has 22 heavy (non-hydrogen) atoms. The number of aryl methyl sites for hydroxylation is 1. The molecule has 7 nitrogen and oxygen atoms in total. The van der Waals surface area contributed by atoms with Crippen molar-refractivity contribution in [2.45, 2.75) is 24.0 Å². The lowest BCUT2D eigenvalue weighted by Gasteiger charge is -2.31. The maximum atomic E-state index is 12.1. The van der Waals surface area contributed by atoms with Crippen LogP contribution in [0, 0.1) is 0 Å². The van der Waals surface area contributed by atoms with Crippen LogP contribution >= 0.6 is 11.8 Å². The number of hydrogen-bond acceptors (Lipinski definition) is 5. The van der Waals surface area contributed by atoms with E-state index in [4.69, 9.17) is 0 Å². The summed E-state index contributed by atoms with van der Waals surface area (Å²) in [5.41, 5.74) is 0. The van der Waals surface area contributed by atoms with E-state index in [1.54, 1.807) is 29.9 Å². The Morgan fingerprint density at radius 1 is 1.50 bits per heavy atom. The number of carbonyl (C=O) groups is 1. The Balaban J connectivity index is 1.69. The minimum Gasteiger partial charge on any atom is -0.337 e. The van der Waals surface area contributed by atoms with E-state index in [1.807, 2.05) is 17.8 Å². The summed E-state index contributed by atoms with van der Waals surface area (Å²) < 4.78 is 24.8. The molecule has 1 aliphatic heterocycles. The SMILES string of the molecule is CN(C(=O)NCCSc1nccn1C)C1CCS(=O)(=O)CC1. The van der Waals surface area contributed by atoms with Crippen LogP contribution in [0.25, 0.3) is 0 Å². The first-order chi connectivity index (χ1) is 10.4. The van der Waals surface area contributed by atoms with Crippen molar-refractivity contribution in [3.05, 3.63) is 12.4 Å². The molecule has 1 aromatic rings. The molecule has 0 unspecified atom stereocenters. The van der Waals surface area contributed by atoms with Gasteiger partial charge in [0.2, 0.25) is 0 Å². The highest BCUT2D eigenvalue weighted by Crippen LogP contribution is 2.17. The largest absolute Gasteiger partial charge is 0.337 e. The second kappa shape index (κ2) is 7.36. The van der Waals surface area contributed by atoms with Crippen molar-refractivity contribution < 1.29 is 13.2 Å². The second-order valence-corrected chi connectivity index (χ2v) is 8.76. The highest BCUT2D eigenvalue weighted by atomic mass is 32.2. The third kappa shape index (κ3) is 4.64. The zero-order valence-electron chi connectivity index (χ0n) is 12.9. The average molecular weight is 346 g/mol. The van der Waals surface area contributed by atoms with Gasteiger partial charge in [-0.15, -0.1) is 0 Å². The van der Waals surface area contributed by atoms with Crippen molar-refractivity contribution in [1.29, 1.82) is 0 Å². The minimum atomic E-state index is -2.90. The molecule has 2 rings (SSSR count). The van der Waals surface area contributed by atoms with Crippen molar-refractivity contribution in [1.82, 2.24) is 19.8 Å². The summed E-state index contributed by atoms with van der Waals surface area (Å²) in [6, 6.07) is -0.143. The number of aromatic nitrogens is 2. The van der Waals surface area contributed by atoms with Gasteiger partial charge in [-0.3, -0.25) is 0 Å². The predicted octanol–water partition coefficient (Wildman–Crippen LogP) is 0.731. The van der Waals surface area contributed by atoms with Gasteiger partial charge >= 0.3 is 6.03 Å². The molecule has 0 spiro atoms. The van der Waals surface area contributed by atoms with Crippen molar-refractivity contribution in [2.24, 2.45) is 7.05 Å². The zero-order chi connectivity index (χ0) is 16.2. The lowest BCUT2D eigenvalue weighted by molar-refractivity contribution is 0.186. The Labute approximate surface area is 135 Å². The Morgan fingerprint density at radius 2 is 2.18 bits per heavy atom. The molecule has 0 aromatic carbocycles. The normalized spacial score (nSPS) is 18.1. The van der Waals surface area contributed by atoms with Gasteiger partial charge < -0.3 is 14.8 Å². The quantitative estimate of drug-likeness (QED) is 0.628. The van der Waals surface area contributed by atoms with Crippen LogP contribution in [-0.2, 0) is 16.9 Å². The first kappa shape index (κ1) is 17.1. The van der Waals surface area contributed by atoms with Crippen LogP contribution in [-0.4, -0.2) is 65.8 Å². The smallest absolute Gasteiger partial charge is 0.317 e. The van der Waals surface area contributed by atoms with Crippen LogP contribution in [0.4, 0.5) is 4.79 Å². The molecule has 2 amide bonds. The third-order valence-electron chi connectivity index (χ3n) is 3.78. The number of rotatable bonds is 5. The lowest BCUT2D eigenvalue weighted by atomic mass is 10.1. The Kier molecular flexibility index (Phi) is 5.74. The van der Waals surface area contributed by atoms with Crippen LogP contribution in [0.5, 0.6) is 0 Å². The predicted molar refractivity (Wildman–Crippen MR) is 86.8 cm³/mol. The van der Waals surface area contributed by atoms with Gasteiger partial charge in [-0.25, -0.2) is 18.2 Å². The number of nitrogens with one attached hydrogen (secondary N) is 1. The van der Waals surface area contributed by atoms with Crippen molar-refractivity contribution in [2.75, 3.05) is 30.9 Å². The second-order valence-electron chi connectivity index (χ2n) is 5.40. The van der Waals surface area contributed by atoms with Gasteiger partial charge in [0.05, 0.1) is 11.5 Å². The molecule has 1 fully saturated rings. The molecule has 0 saturated carbocycles.